The summed E-state index contributed by atoms with van der Waals surface area (Å²) in [6.07, 6.45) is 1.65. The number of hydrogen-bond acceptors (Lipinski definition) is 4. The van der Waals surface area contributed by atoms with Gasteiger partial charge in [0.15, 0.2) is 0 Å². The Balaban J connectivity index is 2.13. The Kier molecular flexibility index (Phi) is 4.87. The maximum atomic E-state index is 12.0. The number of nitrogens with two attached hydrogens (primary N) is 1. The van der Waals surface area contributed by atoms with Crippen LogP contribution in [0, 0.1) is 0 Å². The zero-order valence-electron chi connectivity index (χ0n) is 11.3. The molecule has 1 aromatic heterocycles. The summed E-state index contributed by atoms with van der Waals surface area (Å²) in [5.74, 6) is 1.76. The third kappa shape index (κ3) is 3.05. The number of nitrogens with one attached hydrogen (secondary N) is 1. The van der Waals surface area contributed by atoms with Crippen LogP contribution in [0.3, 0.4) is 0 Å². The number of furan rings is 1. The summed E-state index contributed by atoms with van der Waals surface area (Å²) in [5.41, 5.74) is 5.65. The van der Waals surface area contributed by atoms with E-state index in [4.69, 9.17) is 10.2 Å². The molecule has 0 saturated heterocycles. The number of hydrogen-bond donors (Lipinski definition) is 2. The van der Waals surface area contributed by atoms with Gasteiger partial charge in [0.1, 0.15) is 11.3 Å². The average molecular weight is 290 g/mol. The van der Waals surface area contributed by atoms with Crippen LogP contribution < -0.4 is 11.1 Å². The molecule has 1 amide bonds. The zero-order chi connectivity index (χ0) is 14.4. The van der Waals surface area contributed by atoms with Gasteiger partial charge in [-0.25, -0.2) is 0 Å². The molecular formula is C15H18N2O2S. The lowest BCUT2D eigenvalue weighted by atomic mass is 9.91. The molecule has 1 unspecified atom stereocenters. The van der Waals surface area contributed by atoms with Crippen LogP contribution in [0.5, 0.6) is 0 Å². The minimum absolute atomic E-state index is 0.377. The Morgan fingerprint density at radius 3 is 2.60 bits per heavy atom. The molecule has 4 nitrogen and oxygen atoms in total. The summed E-state index contributed by atoms with van der Waals surface area (Å²) in [5, 5.41) is 3.09. The van der Waals surface area contributed by atoms with Gasteiger partial charge in [0.2, 0.25) is 5.91 Å². The highest BCUT2D eigenvalue weighted by Gasteiger charge is 2.36. The second-order valence-electron chi connectivity index (χ2n) is 4.46. The Labute approximate surface area is 122 Å². The van der Waals surface area contributed by atoms with Crippen molar-refractivity contribution in [2.75, 3.05) is 12.8 Å². The summed E-state index contributed by atoms with van der Waals surface area (Å²) in [6.45, 7) is 0. The lowest BCUT2D eigenvalue weighted by molar-refractivity contribution is -0.123. The van der Waals surface area contributed by atoms with Crippen molar-refractivity contribution in [3.63, 3.8) is 0 Å². The van der Waals surface area contributed by atoms with Gasteiger partial charge in [-0.05, 0) is 24.7 Å². The van der Waals surface area contributed by atoms with Crippen LogP contribution in [0.1, 0.15) is 11.3 Å². The van der Waals surface area contributed by atoms with Crippen LogP contribution in [0.15, 0.2) is 53.1 Å². The van der Waals surface area contributed by atoms with Crippen molar-refractivity contribution < 1.29 is 9.21 Å². The first-order chi connectivity index (χ1) is 9.69. The molecule has 1 heterocycles. The fourth-order valence-electron chi connectivity index (χ4n) is 2.06. The van der Waals surface area contributed by atoms with Crippen molar-refractivity contribution in [3.8, 4) is 0 Å². The number of carbonyl (C=O) groups excluding carboxylic acids is 1. The molecule has 3 N–H and O–H groups in total. The van der Waals surface area contributed by atoms with Crippen LogP contribution in [0.4, 0.5) is 0 Å². The van der Waals surface area contributed by atoms with E-state index in [0.29, 0.717) is 11.5 Å². The Morgan fingerprint density at radius 1 is 1.30 bits per heavy atom. The minimum atomic E-state index is -0.863. The van der Waals surface area contributed by atoms with Gasteiger partial charge in [0.25, 0.3) is 0 Å². The van der Waals surface area contributed by atoms with Gasteiger partial charge in [-0.1, -0.05) is 30.3 Å². The number of thioether (sulfide) groups is 1. The molecule has 0 radical (unpaired) electrons. The van der Waals surface area contributed by atoms with Gasteiger partial charge in [-0.3, -0.25) is 4.79 Å². The molecule has 0 bridgehead atoms. The lowest BCUT2D eigenvalue weighted by Gasteiger charge is -2.30. The van der Waals surface area contributed by atoms with Crippen molar-refractivity contribution >= 4 is 17.7 Å². The summed E-state index contributed by atoms with van der Waals surface area (Å²) in [6, 6.07) is 13.3. The van der Waals surface area contributed by atoms with E-state index >= 15 is 0 Å². The SMILES string of the molecule is CNC(CSCc1ccco1)(C(N)=O)c1ccccc1. The molecule has 20 heavy (non-hydrogen) atoms. The smallest absolute Gasteiger partial charge is 0.243 e. The Bertz CT molecular complexity index is 542. The molecule has 106 valence electrons. The molecule has 0 aliphatic carbocycles. The number of primary amides is 1. The number of benzene rings is 1. The number of carbonyl (C=O) groups is 1. The van der Waals surface area contributed by atoms with Crippen LogP contribution in [-0.4, -0.2) is 18.7 Å². The lowest BCUT2D eigenvalue weighted by Crippen LogP contribution is -2.53. The van der Waals surface area contributed by atoms with Crippen molar-refractivity contribution in [1.82, 2.24) is 5.32 Å². The van der Waals surface area contributed by atoms with Gasteiger partial charge in [-0.15, -0.1) is 0 Å². The summed E-state index contributed by atoms with van der Waals surface area (Å²) >= 11 is 1.61. The highest BCUT2D eigenvalue weighted by molar-refractivity contribution is 7.98. The van der Waals surface area contributed by atoms with E-state index in [-0.39, 0.29) is 5.91 Å². The zero-order valence-corrected chi connectivity index (χ0v) is 12.2. The van der Waals surface area contributed by atoms with Crippen molar-refractivity contribution in [2.45, 2.75) is 11.3 Å². The highest BCUT2D eigenvalue weighted by Crippen LogP contribution is 2.27. The van der Waals surface area contributed by atoms with E-state index in [9.17, 15) is 4.79 Å². The molecule has 0 aliphatic rings. The topological polar surface area (TPSA) is 68.3 Å². The Hall–Kier alpha value is -1.72. The van der Waals surface area contributed by atoms with E-state index in [2.05, 4.69) is 5.32 Å². The molecule has 5 heteroatoms. The fourth-order valence-corrected chi connectivity index (χ4v) is 3.29. The monoisotopic (exact) mass is 290 g/mol. The van der Waals surface area contributed by atoms with E-state index in [1.54, 1.807) is 25.1 Å². The number of rotatable bonds is 7. The molecular weight excluding hydrogens is 272 g/mol. The highest BCUT2D eigenvalue weighted by atomic mass is 32.2. The standard InChI is InChI=1S/C15H18N2O2S/c1-17-15(14(16)18,12-6-3-2-4-7-12)11-20-10-13-8-5-9-19-13/h2-9,17H,10-11H2,1H3,(H2,16,18). The molecule has 2 rings (SSSR count). The van der Waals surface area contributed by atoms with E-state index in [1.165, 1.54) is 0 Å². The fraction of sp³-hybridized carbons (Fsp3) is 0.267. The number of amides is 1. The van der Waals surface area contributed by atoms with Gasteiger partial charge in [0.05, 0.1) is 12.0 Å². The van der Waals surface area contributed by atoms with Gasteiger partial charge >= 0.3 is 0 Å². The van der Waals surface area contributed by atoms with E-state index in [1.807, 2.05) is 42.5 Å². The quantitative estimate of drug-likeness (QED) is 0.819. The first-order valence-electron chi connectivity index (χ1n) is 6.33. The maximum absolute atomic E-state index is 12.0. The predicted molar refractivity (Wildman–Crippen MR) is 81.2 cm³/mol. The summed E-state index contributed by atoms with van der Waals surface area (Å²) in [4.78, 5) is 12.0. The van der Waals surface area contributed by atoms with Gasteiger partial charge < -0.3 is 15.5 Å². The van der Waals surface area contributed by atoms with Crippen molar-refractivity contribution in [3.05, 3.63) is 60.1 Å². The molecule has 0 aliphatic heterocycles. The average Bonchev–Trinajstić information content (AvgIpc) is 2.97. The van der Waals surface area contributed by atoms with Crippen molar-refractivity contribution in [1.29, 1.82) is 0 Å². The Morgan fingerprint density at radius 2 is 2.05 bits per heavy atom. The van der Waals surface area contributed by atoms with Crippen LogP contribution in [0.2, 0.25) is 0 Å². The van der Waals surface area contributed by atoms with Crippen molar-refractivity contribution in [2.24, 2.45) is 5.73 Å². The first kappa shape index (κ1) is 14.7. The number of likely N-dealkylation sites (N-methyl/N-ethyl adjacent to an activating group) is 1. The van der Waals surface area contributed by atoms with Crippen LogP contribution >= 0.6 is 11.8 Å². The molecule has 2 aromatic rings. The molecule has 0 saturated carbocycles. The molecule has 0 fully saturated rings. The summed E-state index contributed by atoms with van der Waals surface area (Å²) < 4.78 is 5.29. The first-order valence-corrected chi connectivity index (χ1v) is 7.49. The second-order valence-corrected chi connectivity index (χ2v) is 5.44. The maximum Gasteiger partial charge on any atom is 0.243 e. The largest absolute Gasteiger partial charge is 0.468 e. The summed E-state index contributed by atoms with van der Waals surface area (Å²) in [7, 11) is 1.76. The third-order valence-corrected chi connectivity index (χ3v) is 4.38. The van der Waals surface area contributed by atoms with E-state index < -0.39 is 5.54 Å². The normalized spacial score (nSPS) is 13.8. The molecule has 1 atom stereocenters. The predicted octanol–water partition coefficient (Wildman–Crippen LogP) is 2.11. The molecule has 0 spiro atoms. The molecule has 1 aromatic carbocycles. The van der Waals surface area contributed by atoms with E-state index in [0.717, 1.165) is 11.3 Å². The van der Waals surface area contributed by atoms with Gasteiger partial charge in [0, 0.05) is 5.75 Å². The minimum Gasteiger partial charge on any atom is -0.468 e. The second kappa shape index (κ2) is 6.63. The van der Waals surface area contributed by atoms with Crippen LogP contribution in [-0.2, 0) is 16.1 Å². The van der Waals surface area contributed by atoms with Gasteiger partial charge in [-0.2, -0.15) is 11.8 Å². The third-order valence-electron chi connectivity index (χ3n) is 3.26. The van der Waals surface area contributed by atoms with Crippen LogP contribution in [0.25, 0.3) is 0 Å².